The van der Waals surface area contributed by atoms with Crippen molar-refractivity contribution in [2.75, 3.05) is 59.1 Å². The van der Waals surface area contributed by atoms with Crippen molar-refractivity contribution in [1.29, 1.82) is 0 Å². The van der Waals surface area contributed by atoms with Crippen molar-refractivity contribution in [3.8, 4) is 28.4 Å². The van der Waals surface area contributed by atoms with Crippen molar-refractivity contribution in [2.24, 2.45) is 0 Å². The zero-order valence-corrected chi connectivity index (χ0v) is 22.2. The largest absolute Gasteiger partial charge is 0.493 e. The van der Waals surface area contributed by atoms with Gasteiger partial charge in [0.2, 0.25) is 0 Å². The summed E-state index contributed by atoms with van der Waals surface area (Å²) in [6.45, 7) is 18.0. The molecule has 0 radical (unpaired) electrons. The molecule has 0 N–H and O–H groups in total. The normalized spacial score (nSPS) is 12.3. The number of hydrogen-bond acceptors (Lipinski definition) is 6. The van der Waals surface area contributed by atoms with Crippen LogP contribution in [0.3, 0.4) is 0 Å². The van der Waals surface area contributed by atoms with E-state index in [-0.39, 0.29) is 5.78 Å². The lowest BCUT2D eigenvalue weighted by Crippen LogP contribution is -2.28. The number of benzene rings is 2. The zero-order valence-electron chi connectivity index (χ0n) is 22.2. The minimum absolute atomic E-state index is 0.0250. The second-order valence-corrected chi connectivity index (χ2v) is 8.77. The Labute approximate surface area is 211 Å². The molecule has 0 atom stereocenters. The Balaban J connectivity index is 1.94. The van der Waals surface area contributed by atoms with Crippen molar-refractivity contribution in [3.63, 3.8) is 0 Å². The second kappa shape index (κ2) is 13.5. The third kappa shape index (κ3) is 6.36. The van der Waals surface area contributed by atoms with Gasteiger partial charge in [0.25, 0.3) is 0 Å². The molecule has 2 aromatic rings. The molecule has 0 amide bonds. The summed E-state index contributed by atoms with van der Waals surface area (Å²) < 4.78 is 18.6. The van der Waals surface area contributed by atoms with Crippen LogP contribution in [0.15, 0.2) is 30.3 Å². The van der Waals surface area contributed by atoms with E-state index in [4.69, 9.17) is 14.2 Å². The Hall–Kier alpha value is -2.57. The molecule has 0 aliphatic heterocycles. The molecule has 1 aliphatic carbocycles. The van der Waals surface area contributed by atoms with Crippen molar-refractivity contribution < 1.29 is 19.0 Å². The molecular weight excluding hydrogens is 440 g/mol. The van der Waals surface area contributed by atoms with E-state index in [2.05, 4.69) is 44.4 Å². The molecule has 35 heavy (non-hydrogen) atoms. The van der Waals surface area contributed by atoms with Gasteiger partial charge in [0, 0.05) is 29.8 Å². The SMILES string of the molecule is CCCCOc1ccc(OCCN(CC)CC)c2c1-c1c(OCCN(CC)CC)cccc1C2=O. The number of ketones is 1. The van der Waals surface area contributed by atoms with Crippen LogP contribution >= 0.6 is 0 Å². The lowest BCUT2D eigenvalue weighted by molar-refractivity contribution is 0.103. The average molecular weight is 483 g/mol. The number of fused-ring (bicyclic) bond motifs is 3. The van der Waals surface area contributed by atoms with E-state index in [1.807, 2.05) is 30.3 Å². The minimum Gasteiger partial charge on any atom is -0.493 e. The highest BCUT2D eigenvalue weighted by atomic mass is 16.5. The molecular formula is C29H42N2O4. The highest BCUT2D eigenvalue weighted by Gasteiger charge is 2.35. The van der Waals surface area contributed by atoms with Crippen LogP contribution in [0.1, 0.15) is 63.4 Å². The van der Waals surface area contributed by atoms with Crippen LogP contribution in [0, 0.1) is 0 Å². The quantitative estimate of drug-likeness (QED) is 0.251. The number of hydrogen-bond donors (Lipinski definition) is 0. The summed E-state index contributed by atoms with van der Waals surface area (Å²) in [7, 11) is 0. The number of nitrogens with zero attached hydrogens (tertiary/aromatic N) is 2. The summed E-state index contributed by atoms with van der Waals surface area (Å²) in [5.41, 5.74) is 2.88. The fraction of sp³-hybridized carbons (Fsp3) is 0.552. The number of rotatable bonds is 16. The van der Waals surface area contributed by atoms with Gasteiger partial charge in [-0.05, 0) is 50.8 Å². The van der Waals surface area contributed by atoms with Crippen LogP contribution in [-0.2, 0) is 0 Å². The summed E-state index contributed by atoms with van der Waals surface area (Å²) in [6, 6.07) is 9.55. The predicted molar refractivity (Wildman–Crippen MR) is 142 cm³/mol. The molecule has 3 rings (SSSR count). The van der Waals surface area contributed by atoms with Gasteiger partial charge < -0.3 is 24.0 Å². The lowest BCUT2D eigenvalue weighted by Gasteiger charge is -2.20. The molecule has 6 heteroatoms. The van der Waals surface area contributed by atoms with E-state index >= 15 is 0 Å². The smallest absolute Gasteiger partial charge is 0.198 e. The Morgan fingerprint density at radius 1 is 0.629 bits per heavy atom. The summed E-state index contributed by atoms with van der Waals surface area (Å²) >= 11 is 0. The first kappa shape index (κ1) is 27.0. The maximum absolute atomic E-state index is 13.6. The van der Waals surface area contributed by atoms with Crippen LogP contribution in [0.5, 0.6) is 17.2 Å². The van der Waals surface area contributed by atoms with E-state index in [1.165, 1.54) is 0 Å². The van der Waals surface area contributed by atoms with Crippen LogP contribution < -0.4 is 14.2 Å². The van der Waals surface area contributed by atoms with Gasteiger partial charge in [0.15, 0.2) is 5.78 Å². The van der Waals surface area contributed by atoms with Crippen LogP contribution in [0.4, 0.5) is 0 Å². The van der Waals surface area contributed by atoms with Crippen LogP contribution in [0.2, 0.25) is 0 Å². The second-order valence-electron chi connectivity index (χ2n) is 8.77. The molecule has 2 aromatic carbocycles. The van der Waals surface area contributed by atoms with Crippen molar-refractivity contribution in [3.05, 3.63) is 41.5 Å². The number of likely N-dealkylation sites (N-methyl/N-ethyl adjacent to an activating group) is 2. The average Bonchev–Trinajstić information content (AvgIpc) is 3.19. The van der Waals surface area contributed by atoms with Gasteiger partial charge >= 0.3 is 0 Å². The maximum Gasteiger partial charge on any atom is 0.198 e. The van der Waals surface area contributed by atoms with E-state index in [1.54, 1.807) is 0 Å². The van der Waals surface area contributed by atoms with Gasteiger partial charge in [-0.1, -0.05) is 53.2 Å². The van der Waals surface area contributed by atoms with E-state index < -0.39 is 0 Å². The monoisotopic (exact) mass is 482 g/mol. The zero-order chi connectivity index (χ0) is 25.2. The highest BCUT2D eigenvalue weighted by molar-refractivity contribution is 6.25. The molecule has 1 aliphatic rings. The number of carbonyl (C=O) groups excluding carboxylic acids is 1. The van der Waals surface area contributed by atoms with Gasteiger partial charge in [-0.2, -0.15) is 0 Å². The van der Waals surface area contributed by atoms with Crippen LogP contribution in [0.25, 0.3) is 11.1 Å². The summed E-state index contributed by atoms with van der Waals surface area (Å²) in [4.78, 5) is 18.2. The van der Waals surface area contributed by atoms with Gasteiger partial charge in [0.05, 0.1) is 12.2 Å². The van der Waals surface area contributed by atoms with Gasteiger partial charge in [-0.3, -0.25) is 4.79 Å². The highest BCUT2D eigenvalue weighted by Crippen LogP contribution is 2.50. The first-order valence-electron chi connectivity index (χ1n) is 13.3. The Bertz CT molecular complexity index is 967. The van der Waals surface area contributed by atoms with Crippen molar-refractivity contribution in [1.82, 2.24) is 9.80 Å². The predicted octanol–water partition coefficient (Wildman–Crippen LogP) is 5.52. The third-order valence-corrected chi connectivity index (χ3v) is 6.75. The number of carbonyl (C=O) groups is 1. The first-order valence-corrected chi connectivity index (χ1v) is 13.3. The third-order valence-electron chi connectivity index (χ3n) is 6.75. The lowest BCUT2D eigenvalue weighted by atomic mass is 10.0. The Morgan fingerprint density at radius 2 is 1.14 bits per heavy atom. The molecule has 0 fully saturated rings. The molecule has 0 saturated carbocycles. The fourth-order valence-electron chi connectivity index (χ4n) is 4.49. The maximum atomic E-state index is 13.6. The molecule has 192 valence electrons. The number of ether oxygens (including phenoxy) is 3. The Kier molecular flexibility index (Phi) is 10.4. The molecule has 6 nitrogen and oxygen atoms in total. The topological polar surface area (TPSA) is 51.2 Å². The first-order chi connectivity index (χ1) is 17.1. The van der Waals surface area contributed by atoms with Gasteiger partial charge in [-0.15, -0.1) is 0 Å². The molecule has 0 saturated heterocycles. The molecule has 0 aromatic heterocycles. The Morgan fingerprint density at radius 3 is 1.69 bits per heavy atom. The molecule has 0 unspecified atom stereocenters. The van der Waals surface area contributed by atoms with Gasteiger partial charge in [-0.25, -0.2) is 0 Å². The molecule has 0 spiro atoms. The van der Waals surface area contributed by atoms with Gasteiger partial charge in [0.1, 0.15) is 30.5 Å². The van der Waals surface area contributed by atoms with Crippen LogP contribution in [-0.4, -0.2) is 74.7 Å². The van der Waals surface area contributed by atoms with E-state index in [0.717, 1.165) is 74.7 Å². The van der Waals surface area contributed by atoms with Crippen molar-refractivity contribution >= 4 is 5.78 Å². The van der Waals surface area contributed by atoms with Crippen molar-refractivity contribution in [2.45, 2.75) is 47.5 Å². The molecule has 0 bridgehead atoms. The minimum atomic E-state index is -0.0250. The standard InChI is InChI=1S/C29H42N2O4/c1-6-11-19-33-24-15-16-25(35-21-18-31(9-4)10-5)28-27(24)26-22(29(28)32)13-12-14-23(26)34-20-17-30(7-2)8-3/h12-16H,6-11,17-21H2,1-5H3. The summed E-state index contributed by atoms with van der Waals surface area (Å²) in [5.74, 6) is 2.03. The number of unbranched alkanes of at least 4 members (excludes halogenated alkanes) is 1. The van der Waals surface area contributed by atoms with E-state index in [0.29, 0.717) is 36.7 Å². The summed E-state index contributed by atoms with van der Waals surface area (Å²) in [5, 5.41) is 0. The summed E-state index contributed by atoms with van der Waals surface area (Å²) in [6.07, 6.45) is 2.00. The van der Waals surface area contributed by atoms with E-state index in [9.17, 15) is 4.79 Å². The fourth-order valence-corrected chi connectivity index (χ4v) is 4.49. The molecule has 0 heterocycles.